The summed E-state index contributed by atoms with van der Waals surface area (Å²) in [4.78, 5) is 18.4. The van der Waals surface area contributed by atoms with Crippen LogP contribution in [0.15, 0.2) is 6.20 Å². The Balaban J connectivity index is 1.81. The summed E-state index contributed by atoms with van der Waals surface area (Å²) in [6.45, 7) is 6.52. The van der Waals surface area contributed by atoms with Crippen molar-refractivity contribution in [3.05, 3.63) is 17.7 Å². The number of imidazole rings is 1. The quantitative estimate of drug-likeness (QED) is 0.918. The summed E-state index contributed by atoms with van der Waals surface area (Å²) in [5.41, 5.74) is 0.914. The molecule has 0 amide bonds. The lowest BCUT2D eigenvalue weighted by Gasteiger charge is -2.32. The van der Waals surface area contributed by atoms with Crippen molar-refractivity contribution in [2.45, 2.75) is 51.0 Å². The van der Waals surface area contributed by atoms with Crippen molar-refractivity contribution in [2.75, 3.05) is 19.6 Å². The van der Waals surface area contributed by atoms with E-state index < -0.39 is 5.97 Å². The summed E-state index contributed by atoms with van der Waals surface area (Å²) >= 11 is 0. The normalized spacial score (nSPS) is 24.6. The average Bonchev–Trinajstić information content (AvgIpc) is 2.91. The first kappa shape index (κ1) is 13.6. The second-order valence-electron chi connectivity index (χ2n) is 5.93. The highest BCUT2D eigenvalue weighted by atomic mass is 16.4. The summed E-state index contributed by atoms with van der Waals surface area (Å²) in [7, 11) is 0. The lowest BCUT2D eigenvalue weighted by atomic mass is 9.93. The number of hydrogen-bond donors (Lipinski definition) is 1. The van der Waals surface area contributed by atoms with Gasteiger partial charge in [0.05, 0.1) is 11.6 Å². The first-order valence-corrected chi connectivity index (χ1v) is 7.71. The van der Waals surface area contributed by atoms with Crippen LogP contribution in [0.3, 0.4) is 0 Å². The number of carboxylic acid groups (broad SMARTS) is 1. The molecule has 0 spiro atoms. The molecular formula is C15H23N3O2. The van der Waals surface area contributed by atoms with E-state index in [1.54, 1.807) is 6.20 Å². The molecule has 20 heavy (non-hydrogen) atoms. The van der Waals surface area contributed by atoms with Gasteiger partial charge in [0, 0.05) is 18.7 Å². The lowest BCUT2D eigenvalue weighted by Crippen LogP contribution is -2.34. The van der Waals surface area contributed by atoms with Crippen LogP contribution in [0.2, 0.25) is 0 Å². The third kappa shape index (κ3) is 2.35. The Morgan fingerprint density at radius 3 is 2.75 bits per heavy atom. The SMILES string of the molecule is CCN1CCC(c2ncc3n2CCCC3C(=O)O)CC1. The number of fused-ring (bicyclic) bond motifs is 1. The minimum absolute atomic E-state index is 0.360. The molecule has 1 fully saturated rings. The highest BCUT2D eigenvalue weighted by molar-refractivity contribution is 5.75. The zero-order chi connectivity index (χ0) is 14.1. The number of carbonyl (C=O) groups is 1. The van der Waals surface area contributed by atoms with E-state index in [0.29, 0.717) is 5.92 Å². The number of rotatable bonds is 3. The fourth-order valence-electron chi connectivity index (χ4n) is 3.61. The monoisotopic (exact) mass is 277 g/mol. The molecule has 1 aromatic rings. The fourth-order valence-corrected chi connectivity index (χ4v) is 3.61. The standard InChI is InChI=1S/C15H23N3O2/c1-2-17-8-5-11(6-9-17)14-16-10-13-12(15(19)20)4-3-7-18(13)14/h10-12H,2-9H2,1H3,(H,19,20). The summed E-state index contributed by atoms with van der Waals surface area (Å²) < 4.78 is 2.19. The van der Waals surface area contributed by atoms with Crippen molar-refractivity contribution in [2.24, 2.45) is 0 Å². The van der Waals surface area contributed by atoms with Gasteiger partial charge in [-0.2, -0.15) is 0 Å². The van der Waals surface area contributed by atoms with Gasteiger partial charge in [-0.3, -0.25) is 4.79 Å². The fraction of sp³-hybridized carbons (Fsp3) is 0.733. The Morgan fingerprint density at radius 1 is 1.35 bits per heavy atom. The van der Waals surface area contributed by atoms with Gasteiger partial charge in [0.15, 0.2) is 0 Å². The summed E-state index contributed by atoms with van der Waals surface area (Å²) in [6.07, 6.45) is 5.78. The lowest BCUT2D eigenvalue weighted by molar-refractivity contribution is -0.139. The van der Waals surface area contributed by atoms with E-state index in [1.165, 1.54) is 0 Å². The van der Waals surface area contributed by atoms with Gasteiger partial charge in [-0.05, 0) is 45.3 Å². The number of nitrogens with zero attached hydrogens (tertiary/aromatic N) is 3. The van der Waals surface area contributed by atoms with Crippen LogP contribution in [0.5, 0.6) is 0 Å². The number of piperidine rings is 1. The molecule has 3 rings (SSSR count). The molecule has 5 heteroatoms. The van der Waals surface area contributed by atoms with Crippen LogP contribution < -0.4 is 0 Å². The molecule has 3 heterocycles. The van der Waals surface area contributed by atoms with Gasteiger partial charge >= 0.3 is 5.97 Å². The molecule has 0 bridgehead atoms. The molecule has 110 valence electrons. The van der Waals surface area contributed by atoms with E-state index in [1.807, 2.05) is 0 Å². The first-order chi connectivity index (χ1) is 9.70. The van der Waals surface area contributed by atoms with Crippen molar-refractivity contribution < 1.29 is 9.90 Å². The number of aliphatic carboxylic acids is 1. The smallest absolute Gasteiger partial charge is 0.312 e. The zero-order valence-corrected chi connectivity index (χ0v) is 12.1. The largest absolute Gasteiger partial charge is 0.481 e. The van der Waals surface area contributed by atoms with Crippen LogP contribution in [0.1, 0.15) is 56.0 Å². The highest BCUT2D eigenvalue weighted by Gasteiger charge is 2.31. The number of hydrogen-bond acceptors (Lipinski definition) is 3. The average molecular weight is 277 g/mol. The third-order valence-electron chi connectivity index (χ3n) is 4.85. The molecule has 0 radical (unpaired) electrons. The van der Waals surface area contributed by atoms with E-state index in [9.17, 15) is 9.90 Å². The molecule has 5 nitrogen and oxygen atoms in total. The van der Waals surface area contributed by atoms with Gasteiger partial charge in [-0.15, -0.1) is 0 Å². The van der Waals surface area contributed by atoms with Crippen molar-refractivity contribution in [3.63, 3.8) is 0 Å². The number of likely N-dealkylation sites (tertiary alicyclic amines) is 1. The van der Waals surface area contributed by atoms with E-state index in [4.69, 9.17) is 0 Å². The zero-order valence-electron chi connectivity index (χ0n) is 12.1. The van der Waals surface area contributed by atoms with E-state index in [-0.39, 0.29) is 5.92 Å². The molecule has 2 aliphatic heterocycles. The van der Waals surface area contributed by atoms with Crippen LogP contribution in [-0.4, -0.2) is 45.2 Å². The Morgan fingerprint density at radius 2 is 2.10 bits per heavy atom. The highest BCUT2D eigenvalue weighted by Crippen LogP contribution is 2.34. The molecule has 1 saturated heterocycles. The van der Waals surface area contributed by atoms with Crippen LogP contribution in [0.4, 0.5) is 0 Å². The molecule has 1 unspecified atom stereocenters. The maximum atomic E-state index is 11.3. The van der Waals surface area contributed by atoms with Crippen molar-refractivity contribution in [1.29, 1.82) is 0 Å². The van der Waals surface area contributed by atoms with E-state index in [0.717, 1.165) is 63.4 Å². The number of carboxylic acids is 1. The predicted molar refractivity (Wildman–Crippen MR) is 75.9 cm³/mol. The molecule has 0 aliphatic carbocycles. The van der Waals surface area contributed by atoms with Gasteiger partial charge in [-0.1, -0.05) is 6.92 Å². The van der Waals surface area contributed by atoms with Gasteiger partial charge in [-0.25, -0.2) is 4.98 Å². The number of aromatic nitrogens is 2. The van der Waals surface area contributed by atoms with Gasteiger partial charge in [0.25, 0.3) is 0 Å². The maximum Gasteiger partial charge on any atom is 0.312 e. The molecule has 1 aromatic heterocycles. The predicted octanol–water partition coefficient (Wildman–Crippen LogP) is 2.04. The molecule has 2 aliphatic rings. The minimum Gasteiger partial charge on any atom is -0.481 e. The van der Waals surface area contributed by atoms with Crippen LogP contribution in [-0.2, 0) is 11.3 Å². The van der Waals surface area contributed by atoms with Crippen LogP contribution >= 0.6 is 0 Å². The maximum absolute atomic E-state index is 11.3. The second-order valence-corrected chi connectivity index (χ2v) is 5.93. The Hall–Kier alpha value is -1.36. The van der Waals surface area contributed by atoms with Gasteiger partial charge < -0.3 is 14.6 Å². The molecule has 0 saturated carbocycles. The van der Waals surface area contributed by atoms with Gasteiger partial charge in [0.2, 0.25) is 0 Å². The van der Waals surface area contributed by atoms with Crippen molar-refractivity contribution >= 4 is 5.97 Å². The Labute approximate surface area is 119 Å². The minimum atomic E-state index is -0.710. The summed E-state index contributed by atoms with van der Waals surface area (Å²) in [5, 5.41) is 9.32. The summed E-state index contributed by atoms with van der Waals surface area (Å²) in [6, 6.07) is 0. The Bertz CT molecular complexity index is 489. The van der Waals surface area contributed by atoms with E-state index >= 15 is 0 Å². The Kier molecular flexibility index (Phi) is 3.78. The molecule has 1 atom stereocenters. The van der Waals surface area contributed by atoms with Crippen molar-refractivity contribution in [3.8, 4) is 0 Å². The molecule has 1 N–H and O–H groups in total. The molecular weight excluding hydrogens is 254 g/mol. The van der Waals surface area contributed by atoms with Crippen LogP contribution in [0, 0.1) is 0 Å². The van der Waals surface area contributed by atoms with Crippen LogP contribution in [0.25, 0.3) is 0 Å². The first-order valence-electron chi connectivity index (χ1n) is 7.71. The van der Waals surface area contributed by atoms with Gasteiger partial charge in [0.1, 0.15) is 5.82 Å². The topological polar surface area (TPSA) is 58.4 Å². The van der Waals surface area contributed by atoms with Crippen molar-refractivity contribution in [1.82, 2.24) is 14.5 Å². The van der Waals surface area contributed by atoms with E-state index in [2.05, 4.69) is 21.4 Å². The second kappa shape index (κ2) is 5.56. The summed E-state index contributed by atoms with van der Waals surface area (Å²) in [5.74, 6) is 0.555. The molecule has 0 aromatic carbocycles. The third-order valence-corrected chi connectivity index (χ3v) is 4.85.